The maximum Gasteiger partial charge on any atom is 0.270 e. The molecule has 184 valence electrons. The largest absolute Gasteiger partial charge is 0.339 e. The van der Waals surface area contributed by atoms with Gasteiger partial charge in [0.1, 0.15) is 11.7 Å². The lowest BCUT2D eigenvalue weighted by molar-refractivity contribution is -0.119. The third kappa shape index (κ3) is 5.61. The number of nitrogens with one attached hydrogen (secondary N) is 2. The first kappa shape index (κ1) is 24.6. The van der Waals surface area contributed by atoms with Crippen LogP contribution < -0.4 is 10.6 Å². The zero-order valence-electron chi connectivity index (χ0n) is 21.0. The molecular weight excluding hydrogens is 438 g/mol. The molecule has 1 aromatic carbocycles. The minimum Gasteiger partial charge on any atom is -0.339 e. The fraction of sp³-hybridized carbons (Fsp3) is 0.429. The highest BCUT2D eigenvalue weighted by atomic mass is 16.2. The van der Waals surface area contributed by atoms with Crippen LogP contribution in [0.5, 0.6) is 0 Å². The quantitative estimate of drug-likeness (QED) is 0.492. The lowest BCUT2D eigenvalue weighted by atomic mass is 9.83. The molecule has 0 aliphatic heterocycles. The highest BCUT2D eigenvalue weighted by Gasteiger charge is 2.32. The molecule has 2 N–H and O–H groups in total. The summed E-state index contributed by atoms with van der Waals surface area (Å²) in [5.41, 5.74) is 5.61. The van der Waals surface area contributed by atoms with Crippen molar-refractivity contribution in [2.45, 2.75) is 64.8 Å². The molecule has 2 heterocycles. The van der Waals surface area contributed by atoms with Gasteiger partial charge in [0.25, 0.3) is 5.91 Å². The molecule has 3 aromatic rings. The van der Waals surface area contributed by atoms with Gasteiger partial charge < -0.3 is 10.6 Å². The molecule has 7 nitrogen and oxygen atoms in total. The summed E-state index contributed by atoms with van der Waals surface area (Å²) in [4.78, 5) is 30.8. The van der Waals surface area contributed by atoms with E-state index in [0.29, 0.717) is 17.3 Å². The molecule has 2 aromatic heterocycles. The van der Waals surface area contributed by atoms with Gasteiger partial charge in [0.05, 0.1) is 0 Å². The molecule has 0 saturated heterocycles. The molecule has 2 amide bonds. The molecule has 7 heteroatoms. The molecule has 0 radical (unpaired) electrons. The van der Waals surface area contributed by atoms with E-state index in [9.17, 15) is 9.59 Å². The van der Waals surface area contributed by atoms with Gasteiger partial charge in [-0.3, -0.25) is 19.3 Å². The van der Waals surface area contributed by atoms with Crippen molar-refractivity contribution in [2.75, 3.05) is 5.32 Å². The highest BCUT2D eigenvalue weighted by Crippen LogP contribution is 2.32. The van der Waals surface area contributed by atoms with Gasteiger partial charge in [-0.05, 0) is 67.0 Å². The predicted molar refractivity (Wildman–Crippen MR) is 138 cm³/mol. The van der Waals surface area contributed by atoms with E-state index in [0.717, 1.165) is 42.5 Å². The van der Waals surface area contributed by atoms with Gasteiger partial charge in [-0.1, -0.05) is 45.2 Å². The number of benzene rings is 1. The normalized spacial score (nSPS) is 15.1. The number of pyridine rings is 1. The molecule has 4 rings (SSSR count). The van der Waals surface area contributed by atoms with Crippen molar-refractivity contribution < 1.29 is 9.59 Å². The number of hydrogen-bond acceptors (Lipinski definition) is 4. The second kappa shape index (κ2) is 10.8. The Morgan fingerprint density at radius 3 is 2.34 bits per heavy atom. The Labute approximate surface area is 207 Å². The summed E-state index contributed by atoms with van der Waals surface area (Å²) in [5.74, 6) is 0.0390. The Morgan fingerprint density at radius 2 is 1.71 bits per heavy atom. The number of amides is 2. The molecular formula is C28H35N5O2. The number of aryl methyl sites for hydroxylation is 2. The topological polar surface area (TPSA) is 88.9 Å². The van der Waals surface area contributed by atoms with Crippen LogP contribution in [0.3, 0.4) is 0 Å². The molecule has 1 atom stereocenters. The number of carbonyl (C=O) groups is 2. The maximum atomic E-state index is 13.4. The van der Waals surface area contributed by atoms with Crippen molar-refractivity contribution in [3.8, 4) is 11.1 Å². The molecule has 1 fully saturated rings. The van der Waals surface area contributed by atoms with Gasteiger partial charge in [-0.2, -0.15) is 5.10 Å². The van der Waals surface area contributed by atoms with E-state index in [1.807, 2.05) is 37.4 Å². The maximum absolute atomic E-state index is 13.4. The highest BCUT2D eigenvalue weighted by molar-refractivity contribution is 6.00. The van der Waals surface area contributed by atoms with Gasteiger partial charge >= 0.3 is 0 Å². The lowest BCUT2D eigenvalue weighted by Gasteiger charge is -2.30. The van der Waals surface area contributed by atoms with Crippen LogP contribution in [0.1, 0.15) is 73.6 Å². The van der Waals surface area contributed by atoms with E-state index in [2.05, 4.69) is 40.6 Å². The third-order valence-electron chi connectivity index (χ3n) is 6.98. The number of nitrogens with zero attached hydrogens (tertiary/aromatic N) is 3. The zero-order chi connectivity index (χ0) is 24.9. The van der Waals surface area contributed by atoms with Crippen molar-refractivity contribution in [3.63, 3.8) is 0 Å². The predicted octanol–water partition coefficient (Wildman–Crippen LogP) is 5.23. The monoisotopic (exact) mass is 473 g/mol. The Kier molecular flexibility index (Phi) is 7.63. The lowest BCUT2D eigenvalue weighted by Crippen LogP contribution is -2.49. The SMILES string of the molecule is Cc1nccc(C(C)C)c1-c1ccc(NC(=O)[C@@H](NC(=O)c2ccnn2C)C2CCCCC2)cc1. The molecule has 1 saturated carbocycles. The van der Waals surface area contributed by atoms with Gasteiger partial charge in [0.2, 0.25) is 5.91 Å². The van der Waals surface area contributed by atoms with E-state index < -0.39 is 6.04 Å². The summed E-state index contributed by atoms with van der Waals surface area (Å²) in [6, 6.07) is 11.0. The van der Waals surface area contributed by atoms with Crippen LogP contribution in [-0.4, -0.2) is 32.6 Å². The van der Waals surface area contributed by atoms with Crippen LogP contribution >= 0.6 is 0 Å². The first-order chi connectivity index (χ1) is 16.8. The van der Waals surface area contributed by atoms with E-state index in [-0.39, 0.29) is 17.7 Å². The minimum atomic E-state index is -0.592. The second-order valence-corrected chi connectivity index (χ2v) is 9.77. The van der Waals surface area contributed by atoms with Crippen molar-refractivity contribution in [2.24, 2.45) is 13.0 Å². The summed E-state index contributed by atoms with van der Waals surface area (Å²) < 4.78 is 1.52. The summed E-state index contributed by atoms with van der Waals surface area (Å²) in [7, 11) is 1.72. The Morgan fingerprint density at radius 1 is 1.00 bits per heavy atom. The van der Waals surface area contributed by atoms with Crippen molar-refractivity contribution in [1.82, 2.24) is 20.1 Å². The fourth-order valence-electron chi connectivity index (χ4n) is 5.06. The molecule has 0 bridgehead atoms. The van der Waals surface area contributed by atoms with E-state index >= 15 is 0 Å². The molecule has 1 aliphatic rings. The average molecular weight is 474 g/mol. The van der Waals surface area contributed by atoms with Crippen LogP contribution in [-0.2, 0) is 11.8 Å². The third-order valence-corrected chi connectivity index (χ3v) is 6.98. The fourth-order valence-corrected chi connectivity index (χ4v) is 5.06. The first-order valence-electron chi connectivity index (χ1n) is 12.5. The minimum absolute atomic E-state index is 0.117. The van der Waals surface area contributed by atoms with Crippen LogP contribution in [0, 0.1) is 12.8 Å². The van der Waals surface area contributed by atoms with Crippen molar-refractivity contribution >= 4 is 17.5 Å². The summed E-state index contributed by atoms with van der Waals surface area (Å²) >= 11 is 0. The molecule has 35 heavy (non-hydrogen) atoms. The Balaban J connectivity index is 1.53. The van der Waals surface area contributed by atoms with E-state index in [1.165, 1.54) is 16.7 Å². The number of rotatable bonds is 7. The number of anilines is 1. The van der Waals surface area contributed by atoms with E-state index in [1.54, 1.807) is 19.3 Å². The number of aromatic nitrogens is 3. The average Bonchev–Trinajstić information content (AvgIpc) is 3.29. The van der Waals surface area contributed by atoms with Crippen LogP contribution in [0.15, 0.2) is 48.8 Å². The van der Waals surface area contributed by atoms with Crippen LogP contribution in [0.2, 0.25) is 0 Å². The van der Waals surface area contributed by atoms with Crippen molar-refractivity contribution in [1.29, 1.82) is 0 Å². The van der Waals surface area contributed by atoms with Gasteiger partial charge in [-0.25, -0.2) is 0 Å². The molecule has 0 unspecified atom stereocenters. The zero-order valence-corrected chi connectivity index (χ0v) is 21.0. The Bertz CT molecular complexity index is 1180. The summed E-state index contributed by atoms with van der Waals surface area (Å²) in [6.45, 7) is 6.38. The smallest absolute Gasteiger partial charge is 0.270 e. The van der Waals surface area contributed by atoms with Crippen molar-refractivity contribution in [3.05, 3.63) is 65.7 Å². The van der Waals surface area contributed by atoms with Crippen LogP contribution in [0.4, 0.5) is 5.69 Å². The molecule has 1 aliphatic carbocycles. The standard InChI is InChI=1S/C28H35N5O2/c1-18(2)23-14-16-29-19(3)25(23)20-10-12-22(13-11-20)31-28(35)26(21-8-6-5-7-9-21)32-27(34)24-15-17-30-33(24)4/h10-18,21,26H,5-9H2,1-4H3,(H,31,35)(H,32,34)/t26-/m0/s1. The number of carbonyl (C=O) groups excluding carboxylic acids is 2. The summed E-state index contributed by atoms with van der Waals surface area (Å²) in [6.07, 6.45) is 8.63. The van der Waals surface area contributed by atoms with Gasteiger partial charge in [0, 0.05) is 36.4 Å². The summed E-state index contributed by atoms with van der Waals surface area (Å²) in [5, 5.41) is 10.1. The number of hydrogen-bond donors (Lipinski definition) is 2. The van der Waals surface area contributed by atoms with Crippen LogP contribution in [0.25, 0.3) is 11.1 Å². The first-order valence-corrected chi connectivity index (χ1v) is 12.5. The Hall–Kier alpha value is -3.48. The second-order valence-electron chi connectivity index (χ2n) is 9.77. The van der Waals surface area contributed by atoms with E-state index in [4.69, 9.17) is 0 Å². The molecule has 0 spiro atoms. The van der Waals surface area contributed by atoms with Gasteiger partial charge in [0.15, 0.2) is 0 Å². The van der Waals surface area contributed by atoms with Gasteiger partial charge in [-0.15, -0.1) is 0 Å².